The minimum atomic E-state index is -0.674. The fourth-order valence-corrected chi connectivity index (χ4v) is 8.04. The number of rotatable bonds is 2. The quantitative estimate of drug-likeness (QED) is 0.230. The standard InChI is InChI=1S/C33H14N8O2S2/c1-33(2)29-27(44-31(40-29)38-23-21(15(11-34)12-35)17-7-3-5-9-19(17)25(23)42)28-30(33)41-32(45-28)39-24-22(16(13-36)14-37)18-8-4-6-10-20(18)26(24)43/h3-10H,1-2H3. The largest absolute Gasteiger partial charge is 0.287 e. The van der Waals surface area contributed by atoms with Crippen LogP contribution in [0.1, 0.15) is 57.1 Å². The second kappa shape index (κ2) is 9.94. The molecule has 2 heterocycles. The van der Waals surface area contributed by atoms with Gasteiger partial charge in [-0.05, 0) is 25.0 Å². The first-order valence-electron chi connectivity index (χ1n) is 13.3. The van der Waals surface area contributed by atoms with Crippen molar-refractivity contribution in [2.24, 2.45) is 9.98 Å². The van der Waals surface area contributed by atoms with Crippen molar-refractivity contribution >= 4 is 67.1 Å². The summed E-state index contributed by atoms with van der Waals surface area (Å²) in [4.78, 5) is 46.9. The highest BCUT2D eigenvalue weighted by molar-refractivity contribution is 7.25. The first kappa shape index (κ1) is 27.6. The molecule has 7 rings (SSSR count). The van der Waals surface area contributed by atoms with Crippen molar-refractivity contribution in [3.63, 3.8) is 0 Å². The first-order chi connectivity index (χ1) is 21.7. The van der Waals surface area contributed by atoms with Gasteiger partial charge in [0.15, 0.2) is 0 Å². The summed E-state index contributed by atoms with van der Waals surface area (Å²) in [6, 6.07) is 21.0. The molecule has 0 bridgehead atoms. The molecule has 45 heavy (non-hydrogen) atoms. The highest BCUT2D eigenvalue weighted by atomic mass is 32.1. The van der Waals surface area contributed by atoms with E-state index < -0.39 is 17.0 Å². The van der Waals surface area contributed by atoms with Crippen molar-refractivity contribution < 1.29 is 9.59 Å². The number of carbonyl (C=O) groups excluding carboxylic acids is 2. The lowest BCUT2D eigenvalue weighted by molar-refractivity contribution is 0.106. The number of hydrogen-bond acceptors (Lipinski definition) is 12. The normalized spacial score (nSPS) is 16.8. The van der Waals surface area contributed by atoms with Crippen LogP contribution >= 0.6 is 22.7 Å². The summed E-state index contributed by atoms with van der Waals surface area (Å²) in [6.07, 6.45) is 0. The molecular formula is C33H14N8O2S2. The number of aromatic nitrogens is 2. The Kier molecular flexibility index (Phi) is 6.11. The zero-order valence-corrected chi connectivity index (χ0v) is 25.0. The van der Waals surface area contributed by atoms with Crippen LogP contribution in [0.15, 0.2) is 69.7 Å². The van der Waals surface area contributed by atoms with Gasteiger partial charge in [0.1, 0.15) is 46.8 Å². The Morgan fingerprint density at radius 1 is 0.644 bits per heavy atom. The average molecular weight is 619 g/mol. The smallest absolute Gasteiger partial charge is 0.212 e. The molecule has 0 fully saturated rings. The third-order valence-electron chi connectivity index (χ3n) is 7.77. The molecule has 0 saturated carbocycles. The number of ketones is 2. The van der Waals surface area contributed by atoms with E-state index in [0.29, 0.717) is 33.6 Å². The van der Waals surface area contributed by atoms with E-state index in [1.54, 1.807) is 48.5 Å². The fourth-order valence-electron chi connectivity index (χ4n) is 5.70. The zero-order valence-electron chi connectivity index (χ0n) is 23.3. The van der Waals surface area contributed by atoms with E-state index >= 15 is 0 Å². The second-order valence-corrected chi connectivity index (χ2v) is 12.5. The van der Waals surface area contributed by atoms with Gasteiger partial charge in [-0.15, -0.1) is 0 Å². The number of benzene rings is 2. The van der Waals surface area contributed by atoms with E-state index in [1.165, 1.54) is 22.7 Å². The molecule has 0 spiro atoms. The van der Waals surface area contributed by atoms with Gasteiger partial charge >= 0.3 is 0 Å². The van der Waals surface area contributed by atoms with E-state index in [4.69, 9.17) is 9.97 Å². The van der Waals surface area contributed by atoms with Crippen molar-refractivity contribution in [1.29, 1.82) is 21.0 Å². The molecule has 2 aromatic heterocycles. The molecule has 12 heteroatoms. The third-order valence-corrected chi connectivity index (χ3v) is 9.83. The minimum Gasteiger partial charge on any atom is -0.287 e. The van der Waals surface area contributed by atoms with Crippen LogP contribution in [0, 0.1) is 45.3 Å². The second-order valence-electron chi connectivity index (χ2n) is 10.6. The van der Waals surface area contributed by atoms with Crippen LogP contribution in [-0.4, -0.2) is 33.0 Å². The number of allylic oxidation sites excluding steroid dienone is 4. The Morgan fingerprint density at radius 2 is 1.00 bits per heavy atom. The van der Waals surface area contributed by atoms with Crippen molar-refractivity contribution in [3.8, 4) is 34.0 Å². The number of nitrogens with zero attached hydrogens (tertiary/aromatic N) is 8. The van der Waals surface area contributed by atoms with Gasteiger partial charge in [-0.2, -0.15) is 21.0 Å². The molecule has 3 aliphatic rings. The Balaban J connectivity index is 1.34. The Morgan fingerprint density at radius 3 is 1.36 bits per heavy atom. The maximum absolute atomic E-state index is 13.3. The number of thiazole rings is 2. The number of nitriles is 4. The molecule has 4 aromatic rings. The number of fused-ring (bicyclic) bond motifs is 5. The number of hydrogen-bond donors (Lipinski definition) is 0. The summed E-state index contributed by atoms with van der Waals surface area (Å²) in [6.45, 7) is 3.89. The molecule has 2 aromatic carbocycles. The highest BCUT2D eigenvalue weighted by Gasteiger charge is 2.44. The lowest BCUT2D eigenvalue weighted by Crippen LogP contribution is -2.16. The predicted octanol–water partition coefficient (Wildman–Crippen LogP) is 6.45. The molecule has 0 amide bonds. The SMILES string of the molecule is CC1(C)c2nc(N=C3C(=O)c4ccccc4C3=C(C#N)C#N)sc2-c2sc(N=C3C(=O)c4ccccc4C3=C(C#N)C#N)nc21. The van der Waals surface area contributed by atoms with Crippen molar-refractivity contribution in [1.82, 2.24) is 9.97 Å². The van der Waals surface area contributed by atoms with E-state index in [9.17, 15) is 30.6 Å². The molecule has 10 nitrogen and oxygen atoms in total. The fraction of sp³-hybridized carbons (Fsp3) is 0.0909. The minimum absolute atomic E-state index is 0.0134. The topological polar surface area (TPSA) is 180 Å². The van der Waals surface area contributed by atoms with Crippen LogP contribution in [0.4, 0.5) is 10.3 Å². The zero-order chi connectivity index (χ0) is 31.6. The maximum atomic E-state index is 13.3. The average Bonchev–Trinajstić information content (AvgIpc) is 3.82. The van der Waals surface area contributed by atoms with Crippen molar-refractivity contribution in [2.75, 3.05) is 0 Å². The van der Waals surface area contributed by atoms with E-state index in [0.717, 1.165) is 9.75 Å². The van der Waals surface area contributed by atoms with E-state index in [1.807, 2.05) is 38.1 Å². The summed E-state index contributed by atoms with van der Waals surface area (Å²) < 4.78 is 0. The van der Waals surface area contributed by atoms with E-state index in [-0.39, 0.29) is 44.0 Å². The lowest BCUT2D eigenvalue weighted by Gasteiger charge is -2.15. The molecule has 0 atom stereocenters. The summed E-state index contributed by atoms with van der Waals surface area (Å²) in [5, 5.41) is 39.0. The first-order valence-corrected chi connectivity index (χ1v) is 14.9. The van der Waals surface area contributed by atoms with Crippen LogP contribution in [0.3, 0.4) is 0 Å². The van der Waals surface area contributed by atoms with Crippen LogP contribution in [0.25, 0.3) is 20.9 Å². The van der Waals surface area contributed by atoms with Crippen LogP contribution in [-0.2, 0) is 5.41 Å². The summed E-state index contributed by atoms with van der Waals surface area (Å²) in [5.74, 6) is -0.787. The molecular weight excluding hydrogens is 605 g/mol. The van der Waals surface area contributed by atoms with Crippen molar-refractivity contribution in [2.45, 2.75) is 19.3 Å². The van der Waals surface area contributed by atoms with Crippen LogP contribution in [0.2, 0.25) is 0 Å². The molecule has 3 aliphatic carbocycles. The van der Waals surface area contributed by atoms with Crippen LogP contribution < -0.4 is 0 Å². The molecule has 0 N–H and O–H groups in total. The van der Waals surface area contributed by atoms with Gasteiger partial charge in [-0.3, -0.25) is 9.59 Å². The molecule has 0 unspecified atom stereocenters. The monoisotopic (exact) mass is 618 g/mol. The number of Topliss-reactive ketones (excluding diaryl/α,β-unsaturated/α-hetero) is 2. The Bertz CT molecular complexity index is 2190. The van der Waals surface area contributed by atoms with Gasteiger partial charge in [-0.1, -0.05) is 71.2 Å². The van der Waals surface area contributed by atoms with Crippen LogP contribution in [0.5, 0.6) is 0 Å². The van der Waals surface area contributed by atoms with E-state index in [2.05, 4.69) is 9.98 Å². The number of carbonyl (C=O) groups is 2. The van der Waals surface area contributed by atoms with Crippen molar-refractivity contribution in [3.05, 3.63) is 93.3 Å². The molecule has 0 aliphatic heterocycles. The summed E-state index contributed by atoms with van der Waals surface area (Å²) in [7, 11) is 0. The van der Waals surface area contributed by atoms with Gasteiger partial charge in [0.25, 0.3) is 0 Å². The predicted molar refractivity (Wildman–Crippen MR) is 167 cm³/mol. The summed E-state index contributed by atoms with van der Waals surface area (Å²) >= 11 is 2.49. The van der Waals surface area contributed by atoms with Gasteiger partial charge in [0.2, 0.25) is 21.8 Å². The highest BCUT2D eigenvalue weighted by Crippen LogP contribution is 2.55. The molecule has 0 radical (unpaired) electrons. The molecule has 0 saturated heterocycles. The summed E-state index contributed by atoms with van der Waals surface area (Å²) in [5.41, 5.74) is 2.34. The van der Waals surface area contributed by atoms with Gasteiger partial charge in [-0.25, -0.2) is 20.0 Å². The van der Waals surface area contributed by atoms with Gasteiger partial charge < -0.3 is 0 Å². The Labute approximate surface area is 263 Å². The lowest BCUT2D eigenvalue weighted by atomic mass is 9.90. The van der Waals surface area contributed by atoms with Gasteiger partial charge in [0.05, 0.1) is 26.6 Å². The van der Waals surface area contributed by atoms with Gasteiger partial charge in [0, 0.05) is 22.3 Å². The number of aliphatic imine (C=N–C) groups is 2. The third kappa shape index (κ3) is 3.88. The maximum Gasteiger partial charge on any atom is 0.212 e. The Hall–Kier alpha value is -6.18. The molecule has 210 valence electrons.